The van der Waals surface area contributed by atoms with E-state index >= 15 is 0 Å². The molecule has 0 aromatic heterocycles. The largest absolute Gasteiger partial charge is 0.347 e. The fourth-order valence-electron chi connectivity index (χ4n) is 2.44. The number of carbonyl (C=O) groups excluding carboxylic acids is 2. The van der Waals surface area contributed by atoms with E-state index in [2.05, 4.69) is 5.32 Å². The second-order valence-corrected chi connectivity index (χ2v) is 5.88. The lowest BCUT2D eigenvalue weighted by atomic mass is 9.98. The van der Waals surface area contributed by atoms with Crippen LogP contribution >= 0.6 is 0 Å². The van der Waals surface area contributed by atoms with E-state index in [0.717, 1.165) is 0 Å². The molecule has 2 aromatic carbocycles. The minimum absolute atomic E-state index is 0.107. The number of amides is 2. The van der Waals surface area contributed by atoms with Crippen LogP contribution in [0.3, 0.4) is 0 Å². The van der Waals surface area contributed by atoms with Crippen LogP contribution in [0.4, 0.5) is 8.78 Å². The minimum Gasteiger partial charge on any atom is -0.347 e. The highest BCUT2D eigenvalue weighted by atomic mass is 19.1. The third kappa shape index (κ3) is 5.67. The number of halogens is 2. The lowest BCUT2D eigenvalue weighted by Crippen LogP contribution is -2.39. The normalized spacial score (nSPS) is 11.7. The van der Waals surface area contributed by atoms with Gasteiger partial charge < -0.3 is 10.2 Å². The zero-order chi connectivity index (χ0) is 18.4. The van der Waals surface area contributed by atoms with Crippen molar-refractivity contribution in [2.45, 2.75) is 19.4 Å². The summed E-state index contributed by atoms with van der Waals surface area (Å²) in [6.45, 7) is 1.26. The van der Waals surface area contributed by atoms with Gasteiger partial charge in [-0.2, -0.15) is 0 Å². The lowest BCUT2D eigenvalue weighted by molar-refractivity contribution is -0.133. The highest BCUT2D eigenvalue weighted by molar-refractivity contribution is 5.83. The fraction of sp³-hybridized carbons (Fsp3) is 0.263. The van der Waals surface area contributed by atoms with Crippen molar-refractivity contribution < 1.29 is 18.4 Å². The molecule has 0 aliphatic heterocycles. The summed E-state index contributed by atoms with van der Waals surface area (Å²) in [5, 5.41) is 2.79. The SMILES string of the molecule is CC(=O)N(C)CC(=O)NC(Cc1cccc(F)c1)c1cccc(F)c1. The molecule has 25 heavy (non-hydrogen) atoms. The van der Waals surface area contributed by atoms with Crippen LogP contribution in [0.5, 0.6) is 0 Å². The van der Waals surface area contributed by atoms with E-state index in [9.17, 15) is 18.4 Å². The van der Waals surface area contributed by atoms with Crippen LogP contribution in [-0.4, -0.2) is 30.3 Å². The third-order valence-electron chi connectivity index (χ3n) is 3.83. The molecule has 132 valence electrons. The predicted octanol–water partition coefficient (Wildman–Crippen LogP) is 2.84. The van der Waals surface area contributed by atoms with Gasteiger partial charge in [-0.15, -0.1) is 0 Å². The zero-order valence-corrected chi connectivity index (χ0v) is 14.1. The molecule has 1 unspecified atom stereocenters. The third-order valence-corrected chi connectivity index (χ3v) is 3.83. The standard InChI is InChI=1S/C19H20F2N2O2/c1-13(24)23(2)12-19(25)22-18(15-6-4-8-17(21)11-15)10-14-5-3-7-16(20)9-14/h3-9,11,18H,10,12H2,1-2H3,(H,22,25). The van der Waals surface area contributed by atoms with Crippen LogP contribution < -0.4 is 5.32 Å². The van der Waals surface area contributed by atoms with Gasteiger partial charge in [-0.05, 0) is 41.8 Å². The van der Waals surface area contributed by atoms with E-state index in [-0.39, 0.29) is 24.2 Å². The molecule has 1 atom stereocenters. The van der Waals surface area contributed by atoms with Gasteiger partial charge in [0.05, 0.1) is 12.6 Å². The molecule has 0 bridgehead atoms. The molecule has 0 saturated heterocycles. The van der Waals surface area contributed by atoms with Crippen LogP contribution in [0.2, 0.25) is 0 Å². The molecule has 0 heterocycles. The highest BCUT2D eigenvalue weighted by Gasteiger charge is 2.18. The van der Waals surface area contributed by atoms with Gasteiger partial charge in [-0.3, -0.25) is 9.59 Å². The van der Waals surface area contributed by atoms with Gasteiger partial charge in [0.25, 0.3) is 0 Å². The van der Waals surface area contributed by atoms with Crippen molar-refractivity contribution in [1.82, 2.24) is 10.2 Å². The second kappa shape index (κ2) is 8.37. The topological polar surface area (TPSA) is 49.4 Å². The molecule has 2 rings (SSSR count). The van der Waals surface area contributed by atoms with Gasteiger partial charge >= 0.3 is 0 Å². The molecule has 2 amide bonds. The maximum Gasteiger partial charge on any atom is 0.240 e. The van der Waals surface area contributed by atoms with Crippen LogP contribution in [0.1, 0.15) is 24.1 Å². The average molecular weight is 346 g/mol. The van der Waals surface area contributed by atoms with E-state index in [1.165, 1.54) is 43.1 Å². The quantitative estimate of drug-likeness (QED) is 0.874. The molecule has 1 N–H and O–H groups in total. The number of carbonyl (C=O) groups is 2. The Bertz CT molecular complexity index is 765. The van der Waals surface area contributed by atoms with Crippen molar-refractivity contribution >= 4 is 11.8 Å². The first-order valence-corrected chi connectivity index (χ1v) is 7.86. The van der Waals surface area contributed by atoms with Gasteiger partial charge in [0.1, 0.15) is 11.6 Å². The fourth-order valence-corrected chi connectivity index (χ4v) is 2.44. The first-order valence-electron chi connectivity index (χ1n) is 7.86. The predicted molar refractivity (Wildman–Crippen MR) is 90.7 cm³/mol. The molecule has 4 nitrogen and oxygen atoms in total. The molecular weight excluding hydrogens is 326 g/mol. The van der Waals surface area contributed by atoms with Crippen molar-refractivity contribution in [2.75, 3.05) is 13.6 Å². The summed E-state index contributed by atoms with van der Waals surface area (Å²) in [6, 6.07) is 11.4. The Morgan fingerprint density at radius 2 is 1.72 bits per heavy atom. The first-order chi connectivity index (χ1) is 11.8. The number of hydrogen-bond donors (Lipinski definition) is 1. The Balaban J connectivity index is 2.20. The Hall–Kier alpha value is -2.76. The molecule has 6 heteroatoms. The van der Waals surface area contributed by atoms with Gasteiger partial charge in [-0.1, -0.05) is 24.3 Å². The van der Waals surface area contributed by atoms with E-state index in [4.69, 9.17) is 0 Å². The summed E-state index contributed by atoms with van der Waals surface area (Å²) in [5.74, 6) is -1.40. The summed E-state index contributed by atoms with van der Waals surface area (Å²) >= 11 is 0. The maximum atomic E-state index is 13.6. The van der Waals surface area contributed by atoms with E-state index < -0.39 is 11.9 Å². The van der Waals surface area contributed by atoms with Crippen molar-refractivity contribution in [2.24, 2.45) is 0 Å². The highest BCUT2D eigenvalue weighted by Crippen LogP contribution is 2.20. The first kappa shape index (κ1) is 18.6. The monoisotopic (exact) mass is 346 g/mol. The lowest BCUT2D eigenvalue weighted by Gasteiger charge is -2.22. The molecule has 0 spiro atoms. The molecule has 0 radical (unpaired) electrons. The summed E-state index contributed by atoms with van der Waals surface area (Å²) < 4.78 is 27.0. The number of nitrogens with one attached hydrogen (secondary N) is 1. The number of likely N-dealkylation sites (N-methyl/N-ethyl adjacent to an activating group) is 1. The van der Waals surface area contributed by atoms with Gasteiger partial charge in [0.15, 0.2) is 0 Å². The van der Waals surface area contributed by atoms with Crippen molar-refractivity contribution in [3.8, 4) is 0 Å². The van der Waals surface area contributed by atoms with Crippen molar-refractivity contribution in [3.63, 3.8) is 0 Å². The molecule has 0 aliphatic carbocycles. The molecule has 0 saturated carbocycles. The second-order valence-electron chi connectivity index (χ2n) is 5.88. The molecule has 0 fully saturated rings. The number of hydrogen-bond acceptors (Lipinski definition) is 2. The van der Waals surface area contributed by atoms with Crippen LogP contribution in [0.15, 0.2) is 48.5 Å². The zero-order valence-electron chi connectivity index (χ0n) is 14.1. The summed E-state index contributed by atoms with van der Waals surface area (Å²) in [4.78, 5) is 24.8. The van der Waals surface area contributed by atoms with Crippen LogP contribution in [0, 0.1) is 11.6 Å². The number of nitrogens with zero attached hydrogens (tertiary/aromatic N) is 1. The van der Waals surface area contributed by atoms with E-state index in [0.29, 0.717) is 17.5 Å². The van der Waals surface area contributed by atoms with Gasteiger partial charge in [0.2, 0.25) is 11.8 Å². The summed E-state index contributed by atoms with van der Waals surface area (Å²) in [5.41, 5.74) is 1.25. The smallest absolute Gasteiger partial charge is 0.240 e. The molecular formula is C19H20F2N2O2. The Kier molecular flexibility index (Phi) is 6.22. The summed E-state index contributed by atoms with van der Waals surface area (Å²) in [6.07, 6.45) is 0.302. The van der Waals surface area contributed by atoms with Crippen LogP contribution in [0.25, 0.3) is 0 Å². The van der Waals surface area contributed by atoms with Gasteiger partial charge in [-0.25, -0.2) is 8.78 Å². The average Bonchev–Trinajstić information content (AvgIpc) is 2.54. The Morgan fingerprint density at radius 3 is 2.32 bits per heavy atom. The number of benzene rings is 2. The van der Waals surface area contributed by atoms with E-state index in [1.54, 1.807) is 24.3 Å². The Morgan fingerprint density at radius 1 is 1.08 bits per heavy atom. The minimum atomic E-state index is -0.537. The van der Waals surface area contributed by atoms with Crippen molar-refractivity contribution in [1.29, 1.82) is 0 Å². The summed E-state index contributed by atoms with van der Waals surface area (Å²) in [7, 11) is 1.52. The van der Waals surface area contributed by atoms with Crippen LogP contribution in [-0.2, 0) is 16.0 Å². The maximum absolute atomic E-state index is 13.6. The molecule has 0 aliphatic rings. The number of rotatable bonds is 6. The molecule has 2 aromatic rings. The Labute approximate surface area is 145 Å². The van der Waals surface area contributed by atoms with E-state index in [1.807, 2.05) is 0 Å². The van der Waals surface area contributed by atoms with Crippen molar-refractivity contribution in [3.05, 3.63) is 71.3 Å². The van der Waals surface area contributed by atoms with Gasteiger partial charge in [0, 0.05) is 14.0 Å².